The van der Waals surface area contributed by atoms with Gasteiger partial charge in [-0.15, -0.1) is 12.4 Å². The van der Waals surface area contributed by atoms with E-state index in [1.165, 1.54) is 12.1 Å². The summed E-state index contributed by atoms with van der Waals surface area (Å²) in [7, 11) is 1.60. The molecule has 1 aromatic carbocycles. The summed E-state index contributed by atoms with van der Waals surface area (Å²) < 4.78 is 17.7. The summed E-state index contributed by atoms with van der Waals surface area (Å²) >= 11 is 0. The first-order valence-electron chi connectivity index (χ1n) is 6.95. The quantitative estimate of drug-likeness (QED) is 0.597. The topological polar surface area (TPSA) is 70.6 Å². The third-order valence-electron chi connectivity index (χ3n) is 3.01. The molecule has 7 heteroatoms. The highest BCUT2D eigenvalue weighted by molar-refractivity contribution is 5.85. The Morgan fingerprint density at radius 1 is 1.36 bits per heavy atom. The Labute approximate surface area is 136 Å². The van der Waals surface area contributed by atoms with Crippen LogP contribution in [0.5, 0.6) is 0 Å². The average molecular weight is 335 g/mol. The first kappa shape index (κ1) is 20.8. The second-order valence-electron chi connectivity index (χ2n) is 4.94. The van der Waals surface area contributed by atoms with E-state index in [0.717, 1.165) is 0 Å². The minimum absolute atomic E-state index is 0. The van der Waals surface area contributed by atoms with Gasteiger partial charge in [-0.3, -0.25) is 4.79 Å². The third kappa shape index (κ3) is 8.29. The van der Waals surface area contributed by atoms with Crippen molar-refractivity contribution in [3.63, 3.8) is 0 Å². The molecule has 0 aliphatic heterocycles. The zero-order valence-corrected chi connectivity index (χ0v) is 13.7. The molecule has 0 fully saturated rings. The van der Waals surface area contributed by atoms with Crippen LogP contribution in [-0.2, 0) is 9.53 Å². The minimum Gasteiger partial charge on any atom is -0.388 e. The molecule has 0 heterocycles. The number of rotatable bonds is 9. The first-order chi connectivity index (χ1) is 10.0. The highest BCUT2D eigenvalue weighted by Gasteiger charge is 2.14. The Balaban J connectivity index is 0.00000441. The molecule has 2 atom stereocenters. The SMILES string of the molecule is COCCNCC(=O)NC(C)CC(O)c1ccc(F)cc1.Cl. The van der Waals surface area contributed by atoms with Crippen LogP contribution in [-0.4, -0.2) is 43.9 Å². The zero-order chi connectivity index (χ0) is 15.7. The summed E-state index contributed by atoms with van der Waals surface area (Å²) in [5.74, 6) is -0.473. The van der Waals surface area contributed by atoms with Gasteiger partial charge >= 0.3 is 0 Å². The molecule has 0 aromatic heterocycles. The molecule has 3 N–H and O–H groups in total. The lowest BCUT2D eigenvalue weighted by Gasteiger charge is -2.18. The number of aliphatic hydroxyl groups excluding tert-OH is 1. The molecule has 22 heavy (non-hydrogen) atoms. The van der Waals surface area contributed by atoms with E-state index < -0.39 is 6.10 Å². The van der Waals surface area contributed by atoms with Crippen LogP contribution in [0, 0.1) is 5.82 Å². The molecule has 1 rings (SSSR count). The maximum atomic E-state index is 12.8. The van der Waals surface area contributed by atoms with Crippen LogP contribution >= 0.6 is 12.4 Å². The highest BCUT2D eigenvalue weighted by atomic mass is 35.5. The number of hydrogen-bond acceptors (Lipinski definition) is 4. The predicted octanol–water partition coefficient (Wildman–Crippen LogP) is 1.41. The highest BCUT2D eigenvalue weighted by Crippen LogP contribution is 2.18. The normalized spacial score (nSPS) is 13.1. The van der Waals surface area contributed by atoms with E-state index in [0.29, 0.717) is 25.1 Å². The lowest BCUT2D eigenvalue weighted by atomic mass is 10.0. The largest absolute Gasteiger partial charge is 0.388 e. The standard InChI is InChI=1S/C15H23FN2O3.ClH/c1-11(18-15(20)10-17-7-8-21-2)9-14(19)12-3-5-13(16)6-4-12;/h3-6,11,14,17,19H,7-10H2,1-2H3,(H,18,20);1H. The summed E-state index contributed by atoms with van der Waals surface area (Å²) in [6.07, 6.45) is -0.363. The fourth-order valence-electron chi connectivity index (χ4n) is 1.92. The number of amides is 1. The van der Waals surface area contributed by atoms with Gasteiger partial charge in [0.25, 0.3) is 0 Å². The van der Waals surface area contributed by atoms with Crippen molar-refractivity contribution < 1.29 is 19.0 Å². The predicted molar refractivity (Wildman–Crippen MR) is 85.6 cm³/mol. The summed E-state index contributed by atoms with van der Waals surface area (Å²) in [5.41, 5.74) is 0.635. The summed E-state index contributed by atoms with van der Waals surface area (Å²) in [6, 6.07) is 5.52. The molecule has 0 spiro atoms. The maximum Gasteiger partial charge on any atom is 0.234 e. The van der Waals surface area contributed by atoms with Crippen molar-refractivity contribution >= 4 is 18.3 Å². The van der Waals surface area contributed by atoms with E-state index >= 15 is 0 Å². The van der Waals surface area contributed by atoms with Crippen molar-refractivity contribution in [3.8, 4) is 0 Å². The van der Waals surface area contributed by atoms with Crippen LogP contribution in [0.15, 0.2) is 24.3 Å². The number of ether oxygens (including phenoxy) is 1. The van der Waals surface area contributed by atoms with E-state index in [2.05, 4.69) is 10.6 Å². The molecule has 2 unspecified atom stereocenters. The lowest BCUT2D eigenvalue weighted by Crippen LogP contribution is -2.40. The van der Waals surface area contributed by atoms with Gasteiger partial charge in [-0.05, 0) is 31.0 Å². The molecule has 0 aliphatic carbocycles. The Bertz CT molecular complexity index is 431. The number of carbonyl (C=O) groups excluding carboxylic acids is 1. The van der Waals surface area contributed by atoms with Crippen LogP contribution in [0.1, 0.15) is 25.0 Å². The monoisotopic (exact) mass is 334 g/mol. The molecule has 1 aromatic rings. The smallest absolute Gasteiger partial charge is 0.234 e. The number of benzene rings is 1. The van der Waals surface area contributed by atoms with Gasteiger partial charge < -0.3 is 20.5 Å². The van der Waals surface area contributed by atoms with Crippen molar-refractivity contribution in [3.05, 3.63) is 35.6 Å². The van der Waals surface area contributed by atoms with E-state index in [-0.39, 0.29) is 36.7 Å². The van der Waals surface area contributed by atoms with Crippen LogP contribution < -0.4 is 10.6 Å². The number of halogens is 2. The minimum atomic E-state index is -0.734. The Morgan fingerprint density at radius 2 is 2.00 bits per heavy atom. The van der Waals surface area contributed by atoms with Gasteiger partial charge in [0.2, 0.25) is 5.91 Å². The summed E-state index contributed by atoms with van der Waals surface area (Å²) in [4.78, 5) is 11.6. The molecule has 0 saturated heterocycles. The van der Waals surface area contributed by atoms with E-state index in [9.17, 15) is 14.3 Å². The number of aliphatic hydroxyl groups is 1. The Kier molecular flexibility index (Phi) is 10.7. The molecular weight excluding hydrogens is 311 g/mol. The van der Waals surface area contributed by atoms with Crippen LogP contribution in [0.2, 0.25) is 0 Å². The number of carbonyl (C=O) groups is 1. The molecule has 0 bridgehead atoms. The fourth-order valence-corrected chi connectivity index (χ4v) is 1.92. The van der Waals surface area contributed by atoms with Gasteiger partial charge in [0.15, 0.2) is 0 Å². The Morgan fingerprint density at radius 3 is 2.59 bits per heavy atom. The molecule has 0 aliphatic rings. The second kappa shape index (κ2) is 11.4. The second-order valence-corrected chi connectivity index (χ2v) is 4.94. The van der Waals surface area contributed by atoms with Gasteiger partial charge in [0.05, 0.1) is 19.3 Å². The third-order valence-corrected chi connectivity index (χ3v) is 3.01. The van der Waals surface area contributed by atoms with Gasteiger partial charge in [-0.1, -0.05) is 12.1 Å². The average Bonchev–Trinajstić information content (AvgIpc) is 2.44. The van der Waals surface area contributed by atoms with Crippen LogP contribution in [0.4, 0.5) is 4.39 Å². The first-order valence-corrected chi connectivity index (χ1v) is 6.95. The van der Waals surface area contributed by atoms with Crippen molar-refractivity contribution in [1.29, 1.82) is 0 Å². The molecule has 0 radical (unpaired) electrons. The van der Waals surface area contributed by atoms with Crippen LogP contribution in [0.25, 0.3) is 0 Å². The van der Waals surface area contributed by atoms with Crippen LogP contribution in [0.3, 0.4) is 0 Å². The van der Waals surface area contributed by atoms with Gasteiger partial charge in [-0.25, -0.2) is 4.39 Å². The van der Waals surface area contributed by atoms with Crippen molar-refractivity contribution in [2.45, 2.75) is 25.5 Å². The van der Waals surface area contributed by atoms with E-state index in [4.69, 9.17) is 4.74 Å². The fraction of sp³-hybridized carbons (Fsp3) is 0.533. The number of methoxy groups -OCH3 is 1. The summed E-state index contributed by atoms with van der Waals surface area (Å²) in [5, 5.41) is 15.8. The number of hydrogen-bond donors (Lipinski definition) is 3. The lowest BCUT2D eigenvalue weighted by molar-refractivity contribution is -0.121. The van der Waals surface area contributed by atoms with E-state index in [1.807, 2.05) is 6.92 Å². The van der Waals surface area contributed by atoms with Gasteiger partial charge in [-0.2, -0.15) is 0 Å². The van der Waals surface area contributed by atoms with Crippen molar-refractivity contribution in [2.75, 3.05) is 26.8 Å². The van der Waals surface area contributed by atoms with Gasteiger partial charge in [0, 0.05) is 19.7 Å². The molecule has 0 saturated carbocycles. The van der Waals surface area contributed by atoms with E-state index in [1.54, 1.807) is 19.2 Å². The number of nitrogens with one attached hydrogen (secondary N) is 2. The zero-order valence-electron chi connectivity index (χ0n) is 12.8. The summed E-state index contributed by atoms with van der Waals surface area (Å²) in [6.45, 7) is 3.18. The molecular formula is C15H24ClFN2O3. The molecule has 1 amide bonds. The van der Waals surface area contributed by atoms with Gasteiger partial charge in [0.1, 0.15) is 5.82 Å². The van der Waals surface area contributed by atoms with Crippen molar-refractivity contribution in [1.82, 2.24) is 10.6 Å². The Hall–Kier alpha value is -1.21. The molecule has 5 nitrogen and oxygen atoms in total. The maximum absolute atomic E-state index is 12.8. The molecule has 126 valence electrons. The van der Waals surface area contributed by atoms with Crippen molar-refractivity contribution in [2.24, 2.45) is 0 Å².